The summed E-state index contributed by atoms with van der Waals surface area (Å²) >= 11 is 0. The normalized spacial score (nSPS) is 14.4. The van der Waals surface area contributed by atoms with E-state index in [9.17, 15) is 9.50 Å². The molecule has 1 aliphatic rings. The number of pyridine rings is 1. The molecule has 0 radical (unpaired) electrons. The SMILES string of the molecule is CCOB1OC(C)(C)c2nc(Nc3ncc(-c4nc(-c5cccc(F)c5)no4)c(N[C@H](CO)c4ccccc4)n3)ccc21. The van der Waals surface area contributed by atoms with Gasteiger partial charge in [0.2, 0.25) is 11.8 Å². The number of nitrogens with one attached hydrogen (secondary N) is 2. The van der Waals surface area contributed by atoms with Gasteiger partial charge in [-0.05, 0) is 44.5 Å². The molecule has 6 rings (SSSR count). The number of hydrogen-bond donors (Lipinski definition) is 3. The van der Waals surface area contributed by atoms with Gasteiger partial charge in [-0.25, -0.2) is 14.4 Å². The van der Waals surface area contributed by atoms with Crippen LogP contribution in [0, 0.1) is 5.82 Å². The number of aliphatic hydroxyl groups excluding tert-OH is 1. The topological polar surface area (TPSA) is 140 Å². The average Bonchev–Trinajstić information content (AvgIpc) is 3.59. The third-order valence-electron chi connectivity index (χ3n) is 6.93. The Labute approximate surface area is 247 Å². The Morgan fingerprint density at radius 3 is 2.65 bits per heavy atom. The highest BCUT2D eigenvalue weighted by atomic mass is 19.1. The first-order chi connectivity index (χ1) is 20.8. The van der Waals surface area contributed by atoms with Crippen molar-refractivity contribution in [2.24, 2.45) is 0 Å². The van der Waals surface area contributed by atoms with Crippen LogP contribution in [-0.2, 0) is 14.9 Å². The maximum atomic E-state index is 13.8. The van der Waals surface area contributed by atoms with Gasteiger partial charge in [-0.3, -0.25) is 0 Å². The summed E-state index contributed by atoms with van der Waals surface area (Å²) in [4.78, 5) is 18.4. The van der Waals surface area contributed by atoms with Gasteiger partial charge in [0.25, 0.3) is 5.89 Å². The van der Waals surface area contributed by atoms with E-state index in [-0.39, 0.29) is 24.3 Å². The lowest BCUT2D eigenvalue weighted by Gasteiger charge is -2.20. The number of anilines is 3. The van der Waals surface area contributed by atoms with Crippen molar-refractivity contribution in [1.82, 2.24) is 25.1 Å². The molecular weight excluding hydrogens is 552 g/mol. The van der Waals surface area contributed by atoms with Crippen molar-refractivity contribution >= 4 is 30.2 Å². The summed E-state index contributed by atoms with van der Waals surface area (Å²) in [6.07, 6.45) is 1.53. The second kappa shape index (κ2) is 11.9. The Bertz CT molecular complexity index is 1740. The Morgan fingerprint density at radius 1 is 1.05 bits per heavy atom. The molecule has 3 aromatic heterocycles. The molecule has 13 heteroatoms. The summed E-state index contributed by atoms with van der Waals surface area (Å²) in [7, 11) is -0.483. The van der Waals surface area contributed by atoms with Crippen LogP contribution < -0.4 is 16.1 Å². The molecule has 11 nitrogen and oxygen atoms in total. The number of halogens is 1. The van der Waals surface area contributed by atoms with Crippen LogP contribution in [-0.4, -0.2) is 50.5 Å². The molecule has 0 bridgehead atoms. The second-order valence-electron chi connectivity index (χ2n) is 10.4. The molecule has 0 unspecified atom stereocenters. The van der Waals surface area contributed by atoms with E-state index in [0.717, 1.165) is 16.7 Å². The Morgan fingerprint density at radius 2 is 1.88 bits per heavy atom. The highest BCUT2D eigenvalue weighted by Crippen LogP contribution is 2.33. The molecule has 43 heavy (non-hydrogen) atoms. The lowest BCUT2D eigenvalue weighted by atomic mass is 9.80. The average molecular weight is 581 g/mol. The number of nitrogens with zero attached hydrogens (tertiary/aromatic N) is 5. The van der Waals surface area contributed by atoms with E-state index in [0.29, 0.717) is 29.4 Å². The van der Waals surface area contributed by atoms with Crippen molar-refractivity contribution in [3.05, 3.63) is 90.0 Å². The largest absolute Gasteiger partial charge is 0.496 e. The minimum Gasteiger partial charge on any atom is -0.408 e. The van der Waals surface area contributed by atoms with E-state index >= 15 is 0 Å². The van der Waals surface area contributed by atoms with E-state index in [2.05, 4.69) is 25.8 Å². The van der Waals surface area contributed by atoms with Gasteiger partial charge in [0.05, 0.1) is 23.9 Å². The minimum atomic E-state index is -0.647. The molecule has 0 fully saturated rings. The van der Waals surface area contributed by atoms with Gasteiger partial charge in [0, 0.05) is 23.8 Å². The number of benzene rings is 2. The van der Waals surface area contributed by atoms with Gasteiger partial charge in [0.15, 0.2) is 0 Å². The fourth-order valence-corrected chi connectivity index (χ4v) is 4.86. The fraction of sp³-hybridized carbons (Fsp3) is 0.233. The maximum Gasteiger partial charge on any atom is 0.496 e. The maximum absolute atomic E-state index is 13.8. The van der Waals surface area contributed by atoms with Crippen molar-refractivity contribution in [3.63, 3.8) is 0 Å². The predicted octanol–water partition coefficient (Wildman–Crippen LogP) is 4.61. The Balaban J connectivity index is 1.35. The predicted molar refractivity (Wildman–Crippen MR) is 159 cm³/mol. The summed E-state index contributed by atoms with van der Waals surface area (Å²) in [6, 6.07) is 18.6. The van der Waals surface area contributed by atoms with Crippen LogP contribution in [0.1, 0.15) is 38.1 Å². The van der Waals surface area contributed by atoms with Gasteiger partial charge in [0.1, 0.15) is 23.0 Å². The van der Waals surface area contributed by atoms with E-state index in [4.69, 9.17) is 23.8 Å². The molecular formula is C30H29BFN7O4. The summed E-state index contributed by atoms with van der Waals surface area (Å²) < 4.78 is 31.2. The highest BCUT2D eigenvalue weighted by molar-refractivity contribution is 6.63. The molecule has 1 aliphatic heterocycles. The molecule has 0 aliphatic carbocycles. The van der Waals surface area contributed by atoms with Crippen LogP contribution in [0.3, 0.4) is 0 Å². The van der Waals surface area contributed by atoms with Crippen LogP contribution in [0.5, 0.6) is 0 Å². The summed E-state index contributed by atoms with van der Waals surface area (Å²) in [5, 5.41) is 20.7. The first-order valence-corrected chi connectivity index (χ1v) is 13.8. The van der Waals surface area contributed by atoms with Gasteiger partial charge in [-0.2, -0.15) is 9.97 Å². The highest BCUT2D eigenvalue weighted by Gasteiger charge is 2.44. The molecule has 0 saturated heterocycles. The third-order valence-corrected chi connectivity index (χ3v) is 6.93. The number of fused-ring (bicyclic) bond motifs is 1. The lowest BCUT2D eigenvalue weighted by molar-refractivity contribution is 0.0834. The van der Waals surface area contributed by atoms with Crippen molar-refractivity contribution in [2.45, 2.75) is 32.4 Å². The molecule has 3 N–H and O–H groups in total. The second-order valence-corrected chi connectivity index (χ2v) is 10.4. The number of aliphatic hydroxyl groups is 1. The molecule has 4 heterocycles. The Hall–Kier alpha value is -4.72. The molecule has 0 amide bonds. The van der Waals surface area contributed by atoms with E-state index in [1.807, 2.05) is 63.2 Å². The monoisotopic (exact) mass is 581 g/mol. The van der Waals surface area contributed by atoms with Crippen molar-refractivity contribution in [2.75, 3.05) is 23.8 Å². The fourth-order valence-electron chi connectivity index (χ4n) is 4.86. The zero-order chi connectivity index (χ0) is 30.0. The first kappa shape index (κ1) is 28.4. The summed E-state index contributed by atoms with van der Waals surface area (Å²) in [6.45, 7) is 6.10. The van der Waals surface area contributed by atoms with Gasteiger partial charge >= 0.3 is 7.12 Å². The molecule has 0 spiro atoms. The standard InChI is InChI=1S/C30H29BFN7O4/c1-4-41-31-22-13-14-24(35-25(22)30(2,3)43-31)36-29-33-16-21(27(38-29)34-23(17-40)18-9-6-5-7-10-18)28-37-26(39-42-28)19-11-8-12-20(32)15-19/h5-16,23,40H,4,17H2,1-3H3,(H2,33,34,35,36,38)/t23-/m1/s1. The third kappa shape index (κ3) is 5.96. The molecule has 218 valence electrons. The summed E-state index contributed by atoms with van der Waals surface area (Å²) in [5.41, 5.74) is 2.68. The van der Waals surface area contributed by atoms with Gasteiger partial charge in [-0.1, -0.05) is 53.7 Å². The van der Waals surface area contributed by atoms with E-state index < -0.39 is 24.6 Å². The van der Waals surface area contributed by atoms with Crippen molar-refractivity contribution in [1.29, 1.82) is 0 Å². The summed E-state index contributed by atoms with van der Waals surface area (Å²) in [5.74, 6) is 1.00. The molecule has 1 atom stereocenters. The zero-order valence-electron chi connectivity index (χ0n) is 23.8. The van der Waals surface area contributed by atoms with E-state index in [1.54, 1.807) is 12.1 Å². The van der Waals surface area contributed by atoms with Crippen LogP contribution in [0.25, 0.3) is 22.8 Å². The first-order valence-electron chi connectivity index (χ1n) is 13.8. The smallest absolute Gasteiger partial charge is 0.408 e. The molecule has 5 aromatic rings. The van der Waals surface area contributed by atoms with Gasteiger partial charge in [-0.15, -0.1) is 0 Å². The number of rotatable bonds is 10. The number of aromatic nitrogens is 5. The van der Waals surface area contributed by atoms with E-state index in [1.165, 1.54) is 18.3 Å². The Kier molecular flexibility index (Phi) is 7.85. The zero-order valence-corrected chi connectivity index (χ0v) is 23.8. The minimum absolute atomic E-state index is 0.120. The van der Waals surface area contributed by atoms with Crippen LogP contribution >= 0.6 is 0 Å². The molecule has 2 aromatic carbocycles. The number of hydrogen-bond acceptors (Lipinski definition) is 11. The van der Waals surface area contributed by atoms with Crippen molar-refractivity contribution in [3.8, 4) is 22.8 Å². The lowest BCUT2D eigenvalue weighted by Crippen LogP contribution is -2.32. The quantitative estimate of drug-likeness (QED) is 0.199. The van der Waals surface area contributed by atoms with Crippen molar-refractivity contribution < 1.29 is 23.3 Å². The van der Waals surface area contributed by atoms with Crippen LogP contribution in [0.15, 0.2) is 77.4 Å². The van der Waals surface area contributed by atoms with Crippen LogP contribution in [0.4, 0.5) is 22.0 Å². The van der Waals surface area contributed by atoms with Gasteiger partial charge < -0.3 is 29.6 Å². The molecule has 0 saturated carbocycles. The van der Waals surface area contributed by atoms with Crippen LogP contribution in [0.2, 0.25) is 0 Å².